The lowest BCUT2D eigenvalue weighted by molar-refractivity contribution is -0.392. The minimum absolute atomic E-state index is 0.0670. The van der Waals surface area contributed by atoms with Crippen LogP contribution >= 0.6 is 0 Å². The number of carbonyl (C=O) groups is 1. The van der Waals surface area contributed by atoms with E-state index < -0.39 is 68.3 Å². The van der Waals surface area contributed by atoms with Crippen LogP contribution in [0.4, 0.5) is 35.5 Å². The molecular weight excluding hydrogens is 655 g/mol. The van der Waals surface area contributed by atoms with Crippen molar-refractivity contribution in [1.29, 1.82) is 0 Å². The molecule has 1 N–H and O–H groups in total. The number of ether oxygens (including phenoxy) is 2. The number of hydrogen-bond acceptors (Lipinski definition) is 5. The maximum Gasteiger partial charge on any atom is 0.430 e. The zero-order chi connectivity index (χ0) is 34.9. The zero-order valence-corrected chi connectivity index (χ0v) is 26.5. The van der Waals surface area contributed by atoms with Gasteiger partial charge in [-0.05, 0) is 81.8 Å². The first-order chi connectivity index (χ1) is 21.7. The van der Waals surface area contributed by atoms with E-state index in [1.54, 1.807) is 26.8 Å². The minimum Gasteiger partial charge on any atom is -0.444 e. The number of halogens is 7. The van der Waals surface area contributed by atoms with Crippen molar-refractivity contribution in [1.82, 2.24) is 5.32 Å². The molecule has 0 spiro atoms. The monoisotopic (exact) mass is 689 g/mol. The van der Waals surface area contributed by atoms with Gasteiger partial charge in [-0.25, -0.2) is 17.6 Å². The van der Waals surface area contributed by atoms with Crippen molar-refractivity contribution in [2.75, 3.05) is 0 Å². The number of hydrogen-bond donors (Lipinski definition) is 1. The fraction of sp³-hybridized carbons (Fsp3) is 0.424. The highest BCUT2D eigenvalue weighted by atomic mass is 32.2. The van der Waals surface area contributed by atoms with E-state index >= 15 is 0 Å². The predicted octanol–water partition coefficient (Wildman–Crippen LogP) is 8.50. The summed E-state index contributed by atoms with van der Waals surface area (Å²) in [6.07, 6.45) is -12.8. The third-order valence-corrected chi connectivity index (χ3v) is 10.6. The first kappa shape index (κ1) is 36.2. The van der Waals surface area contributed by atoms with Crippen LogP contribution in [0.2, 0.25) is 0 Å². The number of sulfone groups is 1. The number of alkyl carbamates (subject to hydrolysis) is 1. The van der Waals surface area contributed by atoms with Gasteiger partial charge in [0.05, 0.1) is 11.5 Å². The van der Waals surface area contributed by atoms with Crippen LogP contribution in [0.25, 0.3) is 0 Å². The van der Waals surface area contributed by atoms with Gasteiger partial charge in [0.1, 0.15) is 16.2 Å². The van der Waals surface area contributed by atoms with Crippen LogP contribution in [0.15, 0.2) is 83.8 Å². The Morgan fingerprint density at radius 2 is 1.36 bits per heavy atom. The second-order valence-corrected chi connectivity index (χ2v) is 14.7. The van der Waals surface area contributed by atoms with Gasteiger partial charge in [-0.1, -0.05) is 54.6 Å². The predicted molar refractivity (Wildman–Crippen MR) is 158 cm³/mol. The Balaban J connectivity index is 1.76. The Bertz CT molecular complexity index is 1610. The highest BCUT2D eigenvalue weighted by Gasteiger charge is 2.73. The Kier molecular flexibility index (Phi) is 10.1. The molecule has 47 heavy (non-hydrogen) atoms. The van der Waals surface area contributed by atoms with E-state index in [0.717, 1.165) is 36.4 Å². The second-order valence-electron chi connectivity index (χ2n) is 12.4. The molecule has 0 bridgehead atoms. The van der Waals surface area contributed by atoms with Crippen molar-refractivity contribution < 1.29 is 53.4 Å². The van der Waals surface area contributed by atoms with Crippen LogP contribution in [-0.2, 0) is 36.3 Å². The van der Waals surface area contributed by atoms with Crippen molar-refractivity contribution in [2.24, 2.45) is 0 Å². The van der Waals surface area contributed by atoms with Crippen LogP contribution in [-0.4, -0.2) is 38.5 Å². The summed E-state index contributed by atoms with van der Waals surface area (Å²) in [6, 6.07) is 13.5. The van der Waals surface area contributed by atoms with E-state index in [9.17, 15) is 43.9 Å². The average molecular weight is 690 g/mol. The summed E-state index contributed by atoms with van der Waals surface area (Å²) in [7, 11) is -4.41. The quantitative estimate of drug-likeness (QED) is 0.190. The van der Waals surface area contributed by atoms with Crippen molar-refractivity contribution in [3.63, 3.8) is 0 Å². The summed E-state index contributed by atoms with van der Waals surface area (Å²) in [5.41, 5.74) is -6.81. The van der Waals surface area contributed by atoms with Gasteiger partial charge in [-0.3, -0.25) is 0 Å². The fourth-order valence-electron chi connectivity index (χ4n) is 5.76. The molecular formula is C33H34F7NO5S. The summed E-state index contributed by atoms with van der Waals surface area (Å²) in [5.74, 6) is -0.709. The topological polar surface area (TPSA) is 81.7 Å². The Labute approximate surface area is 268 Å². The largest absolute Gasteiger partial charge is 0.444 e. The molecule has 1 fully saturated rings. The van der Waals surface area contributed by atoms with Crippen molar-refractivity contribution >= 4 is 15.9 Å². The molecule has 0 unspecified atom stereocenters. The third-order valence-electron chi connectivity index (χ3n) is 8.07. The van der Waals surface area contributed by atoms with E-state index in [2.05, 4.69) is 5.32 Å². The van der Waals surface area contributed by atoms with Crippen LogP contribution in [0.5, 0.6) is 0 Å². The first-order valence-electron chi connectivity index (χ1n) is 14.6. The molecule has 0 saturated heterocycles. The molecule has 0 heterocycles. The van der Waals surface area contributed by atoms with Crippen molar-refractivity contribution in [2.45, 2.75) is 92.3 Å². The molecule has 0 aliphatic heterocycles. The molecule has 1 aliphatic rings. The third kappa shape index (κ3) is 7.43. The number of amides is 1. The summed E-state index contributed by atoms with van der Waals surface area (Å²) in [5, 5.41) is 2.68. The van der Waals surface area contributed by atoms with Crippen molar-refractivity contribution in [3.05, 3.63) is 101 Å². The summed E-state index contributed by atoms with van der Waals surface area (Å²) in [4.78, 5) is 12.1. The van der Waals surface area contributed by atoms with Gasteiger partial charge in [0.25, 0.3) is 5.60 Å². The highest BCUT2D eigenvalue weighted by Crippen LogP contribution is 2.54. The molecule has 1 amide bonds. The van der Waals surface area contributed by atoms with Crippen LogP contribution in [0.3, 0.4) is 0 Å². The van der Waals surface area contributed by atoms with Gasteiger partial charge in [-0.2, -0.15) is 26.3 Å². The summed E-state index contributed by atoms with van der Waals surface area (Å²) >= 11 is 0. The molecule has 0 radical (unpaired) electrons. The van der Waals surface area contributed by atoms with E-state index in [4.69, 9.17) is 9.47 Å². The van der Waals surface area contributed by atoms with Gasteiger partial charge in [0.15, 0.2) is 9.84 Å². The Hall–Kier alpha value is -3.65. The number of benzene rings is 3. The van der Waals surface area contributed by atoms with E-state index in [0.29, 0.717) is 12.1 Å². The first-order valence-corrected chi connectivity index (χ1v) is 16.1. The molecule has 0 atom stereocenters. The summed E-state index contributed by atoms with van der Waals surface area (Å²) in [6.45, 7) is 3.97. The molecule has 1 aliphatic carbocycles. The molecule has 256 valence electrons. The molecule has 0 aromatic heterocycles. The van der Waals surface area contributed by atoms with E-state index in [-0.39, 0.29) is 41.7 Å². The normalized spacial score (nSPS) is 19.7. The standard InChI is InChI=1S/C33H34F7NO5S/c1-29(2,3)46-28(42)41-26-17-19-30(20-18-26,47(43,44)27-15-13-25(34)14-16-27)23-9-11-24(12-10-23)31(32(35,36)37,33(38,39)40)45-21-22-7-5-4-6-8-22/h4-16,26H,17-21H2,1-3H3,(H,41,42). The zero-order valence-electron chi connectivity index (χ0n) is 25.7. The van der Waals surface area contributed by atoms with Crippen molar-refractivity contribution in [3.8, 4) is 0 Å². The van der Waals surface area contributed by atoms with Gasteiger partial charge in [0.2, 0.25) is 0 Å². The SMILES string of the molecule is CC(C)(C)OC(=O)NC1CCC(c2ccc(C(OCc3ccccc3)(C(F)(F)F)C(F)(F)F)cc2)(S(=O)(=O)c2ccc(F)cc2)CC1. The molecule has 6 nitrogen and oxygen atoms in total. The lowest BCUT2D eigenvalue weighted by Crippen LogP contribution is -2.55. The lowest BCUT2D eigenvalue weighted by atomic mass is 9.79. The molecule has 4 rings (SSSR count). The van der Waals surface area contributed by atoms with E-state index in [1.807, 2.05) is 0 Å². The Morgan fingerprint density at radius 1 is 0.830 bits per heavy atom. The highest BCUT2D eigenvalue weighted by molar-refractivity contribution is 7.92. The Morgan fingerprint density at radius 3 is 1.85 bits per heavy atom. The maximum absolute atomic E-state index is 14.5. The number of alkyl halides is 6. The lowest BCUT2D eigenvalue weighted by Gasteiger charge is -2.41. The average Bonchev–Trinajstić information content (AvgIpc) is 2.96. The van der Waals surface area contributed by atoms with Crippen LogP contribution in [0.1, 0.15) is 63.1 Å². The molecule has 3 aromatic rings. The smallest absolute Gasteiger partial charge is 0.430 e. The number of nitrogens with one attached hydrogen (secondary N) is 1. The minimum atomic E-state index is -5.95. The fourth-order valence-corrected chi connectivity index (χ4v) is 7.93. The number of rotatable bonds is 8. The van der Waals surface area contributed by atoms with Gasteiger partial charge in [0, 0.05) is 11.6 Å². The molecule has 1 saturated carbocycles. The van der Waals surface area contributed by atoms with Crippen LogP contribution in [0, 0.1) is 5.82 Å². The molecule has 3 aromatic carbocycles. The maximum atomic E-state index is 14.5. The van der Waals surface area contributed by atoms with Crippen LogP contribution < -0.4 is 5.32 Å². The van der Waals surface area contributed by atoms with Gasteiger partial charge >= 0.3 is 18.4 Å². The number of carbonyl (C=O) groups excluding carboxylic acids is 1. The van der Waals surface area contributed by atoms with Gasteiger partial charge in [-0.15, -0.1) is 0 Å². The van der Waals surface area contributed by atoms with Gasteiger partial charge < -0.3 is 14.8 Å². The second kappa shape index (κ2) is 13.1. The molecule has 14 heteroatoms. The summed E-state index contributed by atoms with van der Waals surface area (Å²) < 4.78 is 137. The van der Waals surface area contributed by atoms with E-state index in [1.165, 1.54) is 24.3 Å².